The fourth-order valence-electron chi connectivity index (χ4n) is 4.79. The number of nitrogens with zero attached hydrogens (tertiary/aromatic N) is 2. The summed E-state index contributed by atoms with van der Waals surface area (Å²) in [6.07, 6.45) is 0. The van der Waals surface area contributed by atoms with E-state index in [0.717, 1.165) is 60.6 Å². The molecule has 2 aromatic carbocycles. The number of benzene rings is 3. The fourth-order valence-corrected chi connectivity index (χ4v) is 4.88. The van der Waals surface area contributed by atoms with E-state index in [1.165, 1.54) is 5.56 Å². The summed E-state index contributed by atoms with van der Waals surface area (Å²) in [6.45, 7) is 5.35. The number of rotatable bonds is 8. The molecule has 1 N–H and O–H groups in total. The van der Waals surface area contributed by atoms with E-state index in [-0.39, 0.29) is 17.2 Å². The van der Waals surface area contributed by atoms with Gasteiger partial charge in [0.1, 0.15) is 17.2 Å². The number of hydrogen-bond donors (Lipinski definition) is 1. The van der Waals surface area contributed by atoms with Crippen molar-refractivity contribution in [1.29, 1.82) is 0 Å². The molecule has 2 heterocycles. The zero-order valence-corrected chi connectivity index (χ0v) is 21.6. The van der Waals surface area contributed by atoms with Crippen LogP contribution < -0.4 is 15.6 Å². The molecule has 0 aromatic heterocycles. The van der Waals surface area contributed by atoms with Crippen molar-refractivity contribution in [3.05, 3.63) is 76.5 Å². The summed E-state index contributed by atoms with van der Waals surface area (Å²) in [5, 5.41) is 3.76. The minimum absolute atomic E-state index is 0.0518. The van der Waals surface area contributed by atoms with Crippen molar-refractivity contribution in [2.24, 2.45) is 0 Å². The maximum absolute atomic E-state index is 12.2. The molecule has 1 saturated heterocycles. The Morgan fingerprint density at radius 1 is 1.08 bits per heavy atom. The predicted octanol–water partition coefficient (Wildman–Crippen LogP) is 4.19. The summed E-state index contributed by atoms with van der Waals surface area (Å²) in [5.41, 5.74) is 5.81. The summed E-state index contributed by atoms with van der Waals surface area (Å²) >= 11 is 5.56. The number of halogens is 1. The van der Waals surface area contributed by atoms with Crippen LogP contribution in [0, 0.1) is 0 Å². The maximum atomic E-state index is 12.2. The standard InChI is InChI=1S/C29H30ClN3O4/c1-32(10-9-31-28(35)18-30)22-5-7-24-26(16-22)37-27-17-23(34)6-8-25(27)29(24)21-4-2-3-20(15-21)19-33-11-13-36-14-12-33/h2-8,15-17H,9-14,18-19H2,1H3,(H,31,35). The van der Waals surface area contributed by atoms with Crippen LogP contribution in [0.15, 0.2) is 69.9 Å². The monoisotopic (exact) mass is 519 g/mol. The minimum Gasteiger partial charge on any atom is -0.456 e. The summed E-state index contributed by atoms with van der Waals surface area (Å²) in [6, 6.07) is 19.7. The summed E-state index contributed by atoms with van der Waals surface area (Å²) in [5.74, 6) is 0.316. The number of nitrogens with one attached hydrogen (secondary N) is 1. The first-order valence-corrected chi connectivity index (χ1v) is 13.0. The van der Waals surface area contributed by atoms with Crippen LogP contribution in [0.2, 0.25) is 0 Å². The molecule has 0 saturated carbocycles. The second kappa shape index (κ2) is 11.3. The molecular formula is C29H30ClN3O4. The largest absolute Gasteiger partial charge is 0.456 e. The smallest absolute Gasteiger partial charge is 0.234 e. The molecular weight excluding hydrogens is 490 g/mol. The third kappa shape index (κ3) is 5.80. The zero-order chi connectivity index (χ0) is 25.8. The Labute approximate surface area is 220 Å². The molecule has 8 heteroatoms. The first-order valence-electron chi connectivity index (χ1n) is 12.5. The molecule has 3 aliphatic rings. The quantitative estimate of drug-likeness (QED) is 0.278. The van der Waals surface area contributed by atoms with Gasteiger partial charge in [-0.15, -0.1) is 11.6 Å². The van der Waals surface area contributed by atoms with Crippen LogP contribution in [0.5, 0.6) is 0 Å². The Kier molecular flexibility index (Phi) is 7.74. The lowest BCUT2D eigenvalue weighted by Gasteiger charge is -2.26. The Bertz CT molecular complexity index is 1430. The molecule has 7 nitrogen and oxygen atoms in total. The number of alkyl halides is 1. The first kappa shape index (κ1) is 25.3. The van der Waals surface area contributed by atoms with E-state index in [1.807, 2.05) is 24.1 Å². The summed E-state index contributed by atoms with van der Waals surface area (Å²) < 4.78 is 11.8. The Morgan fingerprint density at radius 3 is 2.73 bits per heavy atom. The van der Waals surface area contributed by atoms with Gasteiger partial charge in [0.05, 0.1) is 13.2 Å². The Hall–Kier alpha value is -3.39. The molecule has 37 heavy (non-hydrogen) atoms. The molecule has 1 aliphatic carbocycles. The molecule has 192 valence electrons. The van der Waals surface area contributed by atoms with Crippen molar-refractivity contribution in [1.82, 2.24) is 10.2 Å². The lowest BCUT2D eigenvalue weighted by atomic mass is 9.92. The number of morpholine rings is 1. The topological polar surface area (TPSA) is 75.0 Å². The van der Waals surface area contributed by atoms with Crippen molar-refractivity contribution in [2.75, 3.05) is 57.2 Å². The van der Waals surface area contributed by atoms with E-state index in [9.17, 15) is 9.59 Å². The summed E-state index contributed by atoms with van der Waals surface area (Å²) in [7, 11) is 1.96. The zero-order valence-electron chi connectivity index (χ0n) is 20.8. The normalized spacial score (nSPS) is 14.2. The van der Waals surface area contributed by atoms with Gasteiger partial charge in [-0.2, -0.15) is 0 Å². The number of carbonyl (C=O) groups is 1. The molecule has 1 fully saturated rings. The van der Waals surface area contributed by atoms with Gasteiger partial charge in [0, 0.05) is 74.1 Å². The van der Waals surface area contributed by atoms with Crippen molar-refractivity contribution >= 4 is 34.2 Å². The third-order valence-electron chi connectivity index (χ3n) is 6.73. The highest BCUT2D eigenvalue weighted by Gasteiger charge is 2.19. The van der Waals surface area contributed by atoms with Crippen LogP contribution in [0.1, 0.15) is 5.56 Å². The van der Waals surface area contributed by atoms with Crippen molar-refractivity contribution in [3.8, 4) is 22.5 Å². The van der Waals surface area contributed by atoms with E-state index in [0.29, 0.717) is 24.4 Å². The molecule has 0 radical (unpaired) electrons. The van der Waals surface area contributed by atoms with E-state index in [1.54, 1.807) is 12.1 Å². The number of amides is 1. The molecule has 0 bridgehead atoms. The SMILES string of the molecule is CN(CCNC(=O)CCl)c1ccc2c(-c3cccc(CN4CCOCC4)c3)c3ccc(=O)cc-3oc2c1. The highest BCUT2D eigenvalue weighted by Crippen LogP contribution is 2.41. The van der Waals surface area contributed by atoms with Crippen LogP contribution in [-0.4, -0.2) is 63.1 Å². The maximum Gasteiger partial charge on any atom is 0.234 e. The van der Waals surface area contributed by atoms with Crippen LogP contribution in [0.4, 0.5) is 5.69 Å². The van der Waals surface area contributed by atoms with Gasteiger partial charge in [-0.25, -0.2) is 0 Å². The third-order valence-corrected chi connectivity index (χ3v) is 6.98. The van der Waals surface area contributed by atoms with Crippen LogP contribution in [0.3, 0.4) is 0 Å². The van der Waals surface area contributed by atoms with Gasteiger partial charge in [0.15, 0.2) is 5.43 Å². The van der Waals surface area contributed by atoms with Gasteiger partial charge < -0.3 is 19.4 Å². The molecule has 0 atom stereocenters. The molecule has 2 aliphatic heterocycles. The molecule has 0 spiro atoms. The van der Waals surface area contributed by atoms with Gasteiger partial charge in [0.25, 0.3) is 0 Å². The fraction of sp³-hybridized carbons (Fsp3) is 0.310. The number of carbonyl (C=O) groups excluding carboxylic acids is 1. The number of anilines is 1. The van der Waals surface area contributed by atoms with E-state index in [4.69, 9.17) is 20.8 Å². The van der Waals surface area contributed by atoms with Gasteiger partial charge in [-0.05, 0) is 41.5 Å². The highest BCUT2D eigenvalue weighted by atomic mass is 35.5. The first-order chi connectivity index (χ1) is 18.0. The molecule has 0 unspecified atom stereocenters. The lowest BCUT2D eigenvalue weighted by Crippen LogP contribution is -2.35. The lowest BCUT2D eigenvalue weighted by molar-refractivity contribution is -0.118. The van der Waals surface area contributed by atoms with Crippen molar-refractivity contribution in [2.45, 2.75) is 6.54 Å². The predicted molar refractivity (Wildman–Crippen MR) is 148 cm³/mol. The highest BCUT2D eigenvalue weighted by molar-refractivity contribution is 6.27. The Morgan fingerprint density at radius 2 is 1.92 bits per heavy atom. The van der Waals surface area contributed by atoms with Gasteiger partial charge >= 0.3 is 0 Å². The van der Waals surface area contributed by atoms with E-state index >= 15 is 0 Å². The van der Waals surface area contributed by atoms with Gasteiger partial charge in [0.2, 0.25) is 5.91 Å². The van der Waals surface area contributed by atoms with E-state index < -0.39 is 0 Å². The van der Waals surface area contributed by atoms with Gasteiger partial charge in [-0.3, -0.25) is 14.5 Å². The van der Waals surface area contributed by atoms with Crippen LogP contribution in [-0.2, 0) is 16.1 Å². The number of likely N-dealkylation sites (N-methyl/N-ethyl adjacent to an activating group) is 1. The minimum atomic E-state index is -0.191. The molecule has 1 amide bonds. The molecule has 5 rings (SSSR count). The van der Waals surface area contributed by atoms with E-state index in [2.05, 4.69) is 46.6 Å². The molecule has 2 aromatic rings. The van der Waals surface area contributed by atoms with Gasteiger partial charge in [-0.1, -0.05) is 18.2 Å². The number of ether oxygens (including phenoxy) is 1. The van der Waals surface area contributed by atoms with Crippen molar-refractivity contribution in [3.63, 3.8) is 0 Å². The second-order valence-corrected chi connectivity index (χ2v) is 9.58. The average molecular weight is 520 g/mol. The second-order valence-electron chi connectivity index (χ2n) is 9.31. The van der Waals surface area contributed by atoms with Crippen LogP contribution in [0.25, 0.3) is 33.4 Å². The van der Waals surface area contributed by atoms with Crippen molar-refractivity contribution < 1.29 is 13.9 Å². The number of fused-ring (bicyclic) bond motifs is 2. The Balaban J connectivity index is 1.53. The summed E-state index contributed by atoms with van der Waals surface area (Å²) in [4.78, 5) is 28.1. The van der Waals surface area contributed by atoms with Crippen LogP contribution >= 0.6 is 11.6 Å². The average Bonchev–Trinajstić information content (AvgIpc) is 2.91. The number of hydrogen-bond acceptors (Lipinski definition) is 6.